The van der Waals surface area contributed by atoms with Gasteiger partial charge in [-0.05, 0) is 82.9 Å². The fourth-order valence-electron chi connectivity index (χ4n) is 6.55. The van der Waals surface area contributed by atoms with Gasteiger partial charge in [0, 0.05) is 36.9 Å². The average Bonchev–Trinajstić information content (AvgIpc) is 3.68. The van der Waals surface area contributed by atoms with Gasteiger partial charge in [-0.25, -0.2) is 0 Å². The van der Waals surface area contributed by atoms with Gasteiger partial charge in [0.15, 0.2) is 0 Å². The molecule has 9 aromatic rings. The Balaban J connectivity index is 1.26. The van der Waals surface area contributed by atoms with Crippen LogP contribution in [0.2, 0.25) is 0 Å². The van der Waals surface area contributed by atoms with Gasteiger partial charge in [-0.2, -0.15) is 0 Å². The lowest BCUT2D eigenvalue weighted by atomic mass is 10.0. The van der Waals surface area contributed by atoms with Crippen LogP contribution in [0.15, 0.2) is 168 Å². The summed E-state index contributed by atoms with van der Waals surface area (Å²) >= 11 is 1.85. The molecule has 2 aromatic heterocycles. The molecule has 0 bridgehead atoms. The summed E-state index contributed by atoms with van der Waals surface area (Å²) < 4.78 is 8.98. The lowest BCUT2D eigenvalue weighted by molar-refractivity contribution is 0.669. The van der Waals surface area contributed by atoms with Crippen LogP contribution in [0.5, 0.6) is 0 Å². The lowest BCUT2D eigenvalue weighted by Gasteiger charge is -2.27. The van der Waals surface area contributed by atoms with Crippen molar-refractivity contribution in [1.82, 2.24) is 0 Å². The Labute approximate surface area is 265 Å². The first-order valence-corrected chi connectivity index (χ1v) is 16.0. The normalized spacial score (nSPS) is 11.6. The van der Waals surface area contributed by atoms with E-state index in [0.29, 0.717) is 0 Å². The number of benzene rings is 7. The van der Waals surface area contributed by atoms with Crippen LogP contribution in [0.25, 0.3) is 64.4 Å². The molecule has 0 N–H and O–H groups in total. The van der Waals surface area contributed by atoms with E-state index >= 15 is 0 Å². The minimum absolute atomic E-state index is 0.879. The fraction of sp³-hybridized carbons (Fsp3) is 0. The Morgan fingerprint density at radius 1 is 0.400 bits per heavy atom. The highest BCUT2D eigenvalue weighted by Crippen LogP contribution is 2.44. The Hall–Kier alpha value is -5.64. The highest BCUT2D eigenvalue weighted by atomic mass is 32.1. The molecule has 0 amide bonds. The molecule has 0 fully saturated rings. The Morgan fingerprint density at radius 2 is 1.00 bits per heavy atom. The molecule has 0 saturated heterocycles. The van der Waals surface area contributed by atoms with Crippen molar-refractivity contribution in [2.75, 3.05) is 4.90 Å². The molecule has 0 aliphatic rings. The van der Waals surface area contributed by atoms with Crippen molar-refractivity contribution in [3.8, 4) is 22.3 Å². The van der Waals surface area contributed by atoms with E-state index in [-0.39, 0.29) is 0 Å². The maximum absolute atomic E-state index is 6.34. The van der Waals surface area contributed by atoms with Crippen LogP contribution >= 0.6 is 11.3 Å². The van der Waals surface area contributed by atoms with Gasteiger partial charge in [-0.3, -0.25) is 0 Å². The van der Waals surface area contributed by atoms with Crippen molar-refractivity contribution in [3.63, 3.8) is 0 Å². The fourth-order valence-corrected chi connectivity index (χ4v) is 7.64. The third kappa shape index (κ3) is 4.40. The van der Waals surface area contributed by atoms with Crippen molar-refractivity contribution in [1.29, 1.82) is 0 Å². The predicted molar refractivity (Wildman–Crippen MR) is 192 cm³/mol. The quantitative estimate of drug-likeness (QED) is 0.197. The third-order valence-electron chi connectivity index (χ3n) is 8.65. The van der Waals surface area contributed by atoms with Gasteiger partial charge in [-0.15, -0.1) is 11.3 Å². The van der Waals surface area contributed by atoms with E-state index in [2.05, 4.69) is 157 Å². The number of nitrogens with zero attached hydrogens (tertiary/aromatic N) is 1. The van der Waals surface area contributed by atoms with Gasteiger partial charge in [0.05, 0.1) is 11.1 Å². The van der Waals surface area contributed by atoms with E-state index in [1.54, 1.807) is 0 Å². The van der Waals surface area contributed by atoms with Crippen LogP contribution in [-0.2, 0) is 0 Å². The van der Waals surface area contributed by atoms with Gasteiger partial charge in [0.25, 0.3) is 0 Å². The molecule has 0 spiro atoms. The second kappa shape index (κ2) is 10.5. The first-order chi connectivity index (χ1) is 22.3. The summed E-state index contributed by atoms with van der Waals surface area (Å²) in [5.41, 5.74) is 9.78. The number of hydrogen-bond donors (Lipinski definition) is 0. The minimum Gasteiger partial charge on any atom is -0.456 e. The van der Waals surface area contributed by atoms with Crippen molar-refractivity contribution >= 4 is 70.5 Å². The topological polar surface area (TPSA) is 16.4 Å². The highest BCUT2D eigenvalue weighted by Gasteiger charge is 2.20. The molecule has 9 rings (SSSR count). The zero-order valence-corrected chi connectivity index (χ0v) is 25.2. The van der Waals surface area contributed by atoms with Crippen molar-refractivity contribution in [2.45, 2.75) is 0 Å². The van der Waals surface area contributed by atoms with Crippen LogP contribution in [0.1, 0.15) is 0 Å². The molecule has 7 aromatic carbocycles. The van der Waals surface area contributed by atoms with E-state index in [1.165, 1.54) is 42.4 Å². The number of anilines is 3. The van der Waals surface area contributed by atoms with Crippen molar-refractivity contribution in [3.05, 3.63) is 164 Å². The van der Waals surface area contributed by atoms with Crippen LogP contribution in [-0.4, -0.2) is 0 Å². The maximum atomic E-state index is 6.34. The average molecular weight is 594 g/mol. The zero-order valence-electron chi connectivity index (χ0n) is 24.4. The van der Waals surface area contributed by atoms with E-state index in [4.69, 9.17) is 4.42 Å². The molecule has 0 unspecified atom stereocenters. The first kappa shape index (κ1) is 25.8. The molecule has 212 valence electrons. The smallest absolute Gasteiger partial charge is 0.137 e. The largest absolute Gasteiger partial charge is 0.456 e. The van der Waals surface area contributed by atoms with Crippen LogP contribution in [0.4, 0.5) is 17.1 Å². The van der Waals surface area contributed by atoms with Crippen molar-refractivity contribution in [2.24, 2.45) is 0 Å². The number of furan rings is 1. The molecule has 2 heterocycles. The number of para-hydroxylation sites is 1. The molecule has 0 aliphatic heterocycles. The zero-order chi connectivity index (χ0) is 29.7. The third-order valence-corrected chi connectivity index (χ3v) is 9.80. The molecule has 2 nitrogen and oxygen atoms in total. The van der Waals surface area contributed by atoms with Crippen molar-refractivity contribution < 1.29 is 4.42 Å². The van der Waals surface area contributed by atoms with Gasteiger partial charge in [0.2, 0.25) is 0 Å². The molecule has 0 aliphatic carbocycles. The molecule has 45 heavy (non-hydrogen) atoms. The second-order valence-electron chi connectivity index (χ2n) is 11.4. The van der Waals surface area contributed by atoms with Gasteiger partial charge < -0.3 is 9.32 Å². The number of rotatable bonds is 5. The molecular formula is C42H27NOS. The van der Waals surface area contributed by atoms with Gasteiger partial charge in [-0.1, -0.05) is 103 Å². The van der Waals surface area contributed by atoms with E-state index < -0.39 is 0 Å². The summed E-state index contributed by atoms with van der Waals surface area (Å²) in [6.07, 6.45) is 0. The Bertz CT molecular complexity index is 2510. The van der Waals surface area contributed by atoms with E-state index in [0.717, 1.165) is 39.0 Å². The van der Waals surface area contributed by atoms with E-state index in [1.807, 2.05) is 23.5 Å². The monoisotopic (exact) mass is 593 g/mol. The predicted octanol–water partition coefficient (Wildman–Crippen LogP) is 12.8. The summed E-state index contributed by atoms with van der Waals surface area (Å²) in [6.45, 7) is 0. The standard InChI is InChI=1S/C42H27NOS/c1-2-11-28(12-3-1)29-13-8-15-32(25-29)43(37-19-10-21-39-42(37)35-18-4-6-20-38(35)44-39)33-16-9-14-30(26-33)31-23-24-41-36(27-31)34-17-5-7-22-40(34)45-41/h1-27H. The number of fused-ring (bicyclic) bond motifs is 6. The highest BCUT2D eigenvalue weighted by molar-refractivity contribution is 7.25. The van der Waals surface area contributed by atoms with Crippen LogP contribution in [0.3, 0.4) is 0 Å². The first-order valence-electron chi connectivity index (χ1n) is 15.2. The molecule has 0 atom stereocenters. The molecular weight excluding hydrogens is 567 g/mol. The second-order valence-corrected chi connectivity index (χ2v) is 12.4. The molecule has 0 radical (unpaired) electrons. The summed E-state index contributed by atoms with van der Waals surface area (Å²) in [5, 5.41) is 4.84. The molecule has 0 saturated carbocycles. The maximum Gasteiger partial charge on any atom is 0.137 e. The lowest BCUT2D eigenvalue weighted by Crippen LogP contribution is -2.10. The van der Waals surface area contributed by atoms with Crippen LogP contribution < -0.4 is 4.90 Å². The van der Waals surface area contributed by atoms with Gasteiger partial charge in [0.1, 0.15) is 11.2 Å². The number of thiophene rings is 1. The summed E-state index contributed by atoms with van der Waals surface area (Å²) in [6, 6.07) is 58.5. The minimum atomic E-state index is 0.879. The summed E-state index contributed by atoms with van der Waals surface area (Å²) in [5.74, 6) is 0. The van der Waals surface area contributed by atoms with E-state index in [9.17, 15) is 0 Å². The molecule has 3 heteroatoms. The van der Waals surface area contributed by atoms with Crippen LogP contribution in [0, 0.1) is 0 Å². The number of hydrogen-bond acceptors (Lipinski definition) is 3. The SMILES string of the molecule is c1ccc(-c2cccc(N(c3cccc(-c4ccc5sc6ccccc6c5c4)c3)c3cccc4oc5ccccc5c34)c2)cc1. The van der Waals surface area contributed by atoms with Gasteiger partial charge >= 0.3 is 0 Å². The Kier molecular flexibility index (Phi) is 6.03. The summed E-state index contributed by atoms with van der Waals surface area (Å²) in [7, 11) is 0. The Morgan fingerprint density at radius 3 is 1.82 bits per heavy atom. The summed E-state index contributed by atoms with van der Waals surface area (Å²) in [4.78, 5) is 2.37.